The molecule has 12 aromatic carbocycles. The molecule has 0 radical (unpaired) electrons. The summed E-state index contributed by atoms with van der Waals surface area (Å²) in [6.07, 6.45) is 0. The lowest BCUT2D eigenvalue weighted by molar-refractivity contribution is 0.768. The molecule has 1 aromatic heterocycles. The van der Waals surface area contributed by atoms with Crippen LogP contribution in [0.25, 0.3) is 82.4 Å². The number of benzene rings is 12. The Hall–Kier alpha value is -9.24. The molecular weight excluding hydrogens is 857 g/mol. The maximum Gasteiger partial charge on any atom is 0.0714 e. The van der Waals surface area contributed by atoms with Crippen LogP contribution in [0.1, 0.15) is 22.3 Å². The summed E-state index contributed by atoms with van der Waals surface area (Å²) in [5, 5.41) is 7.40. The Labute approximate surface area is 413 Å². The fourth-order valence-electron chi connectivity index (χ4n) is 11.8. The molecule has 0 N–H and O–H groups in total. The van der Waals surface area contributed by atoms with E-state index in [-0.39, 0.29) is 0 Å². The number of hydrogen-bond acceptors (Lipinski definition) is 1. The van der Waals surface area contributed by atoms with E-state index in [1.54, 1.807) is 0 Å². The smallest absolute Gasteiger partial charge is 0.0714 e. The van der Waals surface area contributed by atoms with Gasteiger partial charge in [-0.15, -0.1) is 0 Å². The van der Waals surface area contributed by atoms with Gasteiger partial charge in [-0.3, -0.25) is 0 Å². The predicted octanol–water partition coefficient (Wildman–Crippen LogP) is 18.3. The number of hydrogen-bond donors (Lipinski definition) is 0. The van der Waals surface area contributed by atoms with Crippen molar-refractivity contribution in [3.63, 3.8) is 0 Å². The second-order valence-electron chi connectivity index (χ2n) is 18.8. The molecule has 0 bridgehead atoms. The van der Waals surface area contributed by atoms with Crippen molar-refractivity contribution < 1.29 is 0 Å². The molecule has 2 heteroatoms. The maximum atomic E-state index is 2.49. The molecule has 71 heavy (non-hydrogen) atoms. The fraction of sp³-hybridized carbons (Fsp3) is 0.0145. The SMILES string of the molecule is c1ccc(-c2ccc(N(c3ccc4c(c3)C(c3ccccc3)(c3ccccc3)c3cc(-c5ccc6ccccc6c5)ccc3-4)c3ccc4c5ccc6ccccc6c5n(-c5ccccc5)c4c3)cc2)cc1. The topological polar surface area (TPSA) is 8.17 Å². The Morgan fingerprint density at radius 3 is 1.52 bits per heavy atom. The number of nitrogens with zero attached hydrogens (tertiary/aromatic N) is 2. The maximum absolute atomic E-state index is 2.49. The van der Waals surface area contributed by atoms with Crippen molar-refractivity contribution in [3.8, 4) is 39.1 Å². The largest absolute Gasteiger partial charge is 0.310 e. The first kappa shape index (κ1) is 40.8. The number of anilines is 3. The van der Waals surface area contributed by atoms with E-state index >= 15 is 0 Å². The van der Waals surface area contributed by atoms with E-state index in [4.69, 9.17) is 0 Å². The minimum atomic E-state index is -0.621. The molecule has 1 heterocycles. The molecule has 0 atom stereocenters. The molecule has 0 fully saturated rings. The van der Waals surface area contributed by atoms with Gasteiger partial charge in [-0.25, -0.2) is 0 Å². The van der Waals surface area contributed by atoms with Crippen LogP contribution in [0.5, 0.6) is 0 Å². The quantitative estimate of drug-likeness (QED) is 0.147. The molecule has 332 valence electrons. The standard InChI is InChI=1S/C69H46N2/c1-5-17-47(18-6-1)49-31-35-57(36-32-49)70(59-38-42-63-64-40-33-50-20-15-16-28-60(50)68(64)71(67(63)46-59)56-26-11-4-12-27-56)58-37-41-62-61-39-34-53(52-30-29-48-19-13-14-21-51(48)43-52)44-65(61)69(66(62)45-58,54-22-7-2-8-23-54)55-24-9-3-10-25-55/h1-46H. The van der Waals surface area contributed by atoms with E-state index in [1.807, 2.05) is 0 Å². The van der Waals surface area contributed by atoms with Gasteiger partial charge in [0.2, 0.25) is 0 Å². The first-order valence-corrected chi connectivity index (χ1v) is 24.6. The second-order valence-corrected chi connectivity index (χ2v) is 18.8. The van der Waals surface area contributed by atoms with Crippen LogP contribution >= 0.6 is 0 Å². The van der Waals surface area contributed by atoms with Gasteiger partial charge in [0.15, 0.2) is 0 Å². The summed E-state index contributed by atoms with van der Waals surface area (Å²) in [5.74, 6) is 0. The van der Waals surface area contributed by atoms with Crippen LogP contribution in [-0.2, 0) is 5.41 Å². The van der Waals surface area contributed by atoms with Crippen molar-refractivity contribution in [3.05, 3.63) is 301 Å². The van der Waals surface area contributed by atoms with Crippen LogP contribution in [0.15, 0.2) is 279 Å². The third-order valence-electron chi connectivity index (χ3n) is 15.0. The summed E-state index contributed by atoms with van der Waals surface area (Å²) in [6, 6.07) is 103. The van der Waals surface area contributed by atoms with Gasteiger partial charge in [0.1, 0.15) is 0 Å². The van der Waals surface area contributed by atoms with Crippen molar-refractivity contribution in [1.82, 2.24) is 4.57 Å². The molecule has 2 nitrogen and oxygen atoms in total. The van der Waals surface area contributed by atoms with Gasteiger partial charge in [-0.05, 0) is 132 Å². The highest BCUT2D eigenvalue weighted by molar-refractivity contribution is 6.19. The highest BCUT2D eigenvalue weighted by atomic mass is 15.1. The molecule has 0 saturated carbocycles. The average Bonchev–Trinajstić information content (AvgIpc) is 3.94. The summed E-state index contributed by atoms with van der Waals surface area (Å²) >= 11 is 0. The van der Waals surface area contributed by atoms with Crippen molar-refractivity contribution >= 4 is 60.4 Å². The van der Waals surface area contributed by atoms with Crippen LogP contribution in [0.2, 0.25) is 0 Å². The molecule has 0 spiro atoms. The van der Waals surface area contributed by atoms with Crippen LogP contribution < -0.4 is 4.90 Å². The summed E-state index contributed by atoms with van der Waals surface area (Å²) in [4.78, 5) is 2.46. The Morgan fingerprint density at radius 2 is 0.789 bits per heavy atom. The minimum absolute atomic E-state index is 0.621. The van der Waals surface area contributed by atoms with Gasteiger partial charge in [0, 0.05) is 38.9 Å². The van der Waals surface area contributed by atoms with Gasteiger partial charge in [0.05, 0.1) is 16.4 Å². The van der Waals surface area contributed by atoms with Crippen molar-refractivity contribution in [2.75, 3.05) is 4.90 Å². The summed E-state index contributed by atoms with van der Waals surface area (Å²) in [5.41, 5.74) is 18.4. The average molecular weight is 903 g/mol. The zero-order valence-corrected chi connectivity index (χ0v) is 39.0. The first-order valence-electron chi connectivity index (χ1n) is 24.6. The molecule has 13 aromatic rings. The summed E-state index contributed by atoms with van der Waals surface area (Å²) in [7, 11) is 0. The second kappa shape index (κ2) is 16.5. The predicted molar refractivity (Wildman–Crippen MR) is 299 cm³/mol. The van der Waals surface area contributed by atoms with E-state index < -0.39 is 5.41 Å². The summed E-state index contributed by atoms with van der Waals surface area (Å²) < 4.78 is 2.47. The van der Waals surface area contributed by atoms with E-state index in [9.17, 15) is 0 Å². The van der Waals surface area contributed by atoms with Crippen molar-refractivity contribution in [2.45, 2.75) is 5.41 Å². The van der Waals surface area contributed by atoms with E-state index in [0.29, 0.717) is 0 Å². The molecule has 14 rings (SSSR count). The zero-order valence-electron chi connectivity index (χ0n) is 39.0. The number of aromatic nitrogens is 1. The monoisotopic (exact) mass is 902 g/mol. The van der Waals surface area contributed by atoms with E-state index in [1.165, 1.54) is 93.5 Å². The molecule has 0 unspecified atom stereocenters. The molecule has 1 aliphatic carbocycles. The van der Waals surface area contributed by atoms with E-state index in [0.717, 1.165) is 28.3 Å². The zero-order chi connectivity index (χ0) is 46.9. The van der Waals surface area contributed by atoms with Crippen LogP contribution in [0.4, 0.5) is 17.1 Å². The summed E-state index contributed by atoms with van der Waals surface area (Å²) in [6.45, 7) is 0. The molecular formula is C69H46N2. The number of para-hydroxylation sites is 1. The van der Waals surface area contributed by atoms with Gasteiger partial charge >= 0.3 is 0 Å². The molecule has 0 saturated heterocycles. The highest BCUT2D eigenvalue weighted by Gasteiger charge is 2.46. The highest BCUT2D eigenvalue weighted by Crippen LogP contribution is 2.58. The van der Waals surface area contributed by atoms with Crippen molar-refractivity contribution in [1.29, 1.82) is 0 Å². The van der Waals surface area contributed by atoms with Gasteiger partial charge < -0.3 is 9.47 Å². The van der Waals surface area contributed by atoms with Gasteiger partial charge in [-0.1, -0.05) is 218 Å². The van der Waals surface area contributed by atoms with Crippen LogP contribution in [0.3, 0.4) is 0 Å². The molecule has 0 aliphatic heterocycles. The Bertz CT molecular complexity index is 4100. The minimum Gasteiger partial charge on any atom is -0.310 e. The van der Waals surface area contributed by atoms with E-state index in [2.05, 4.69) is 289 Å². The number of fused-ring (bicyclic) bond motifs is 9. The fourth-order valence-corrected chi connectivity index (χ4v) is 11.8. The lowest BCUT2D eigenvalue weighted by Crippen LogP contribution is -2.28. The van der Waals surface area contributed by atoms with Gasteiger partial charge in [0.25, 0.3) is 0 Å². The lowest BCUT2D eigenvalue weighted by atomic mass is 9.67. The Morgan fingerprint density at radius 1 is 0.296 bits per heavy atom. The Balaban J connectivity index is 1.02. The Kier molecular flexibility index (Phi) is 9.47. The number of rotatable bonds is 8. The van der Waals surface area contributed by atoms with Crippen LogP contribution in [0, 0.1) is 0 Å². The third-order valence-corrected chi connectivity index (χ3v) is 15.0. The van der Waals surface area contributed by atoms with Crippen molar-refractivity contribution in [2.24, 2.45) is 0 Å². The third kappa shape index (κ3) is 6.49. The molecule has 1 aliphatic rings. The lowest BCUT2D eigenvalue weighted by Gasteiger charge is -2.35. The normalized spacial score (nSPS) is 12.6. The first-order chi connectivity index (χ1) is 35.2. The van der Waals surface area contributed by atoms with Gasteiger partial charge in [-0.2, -0.15) is 0 Å². The van der Waals surface area contributed by atoms with Crippen LogP contribution in [-0.4, -0.2) is 4.57 Å². The molecule has 0 amide bonds.